The van der Waals surface area contributed by atoms with Crippen LogP contribution in [0.25, 0.3) is 0 Å². The second kappa shape index (κ2) is 8.56. The maximum Gasteiger partial charge on any atom is 0.291 e. The van der Waals surface area contributed by atoms with Gasteiger partial charge in [-0.15, -0.1) is 0 Å². The third kappa shape index (κ3) is 4.77. The maximum absolute atomic E-state index is 12.4. The summed E-state index contributed by atoms with van der Waals surface area (Å²) < 4.78 is 10.6. The van der Waals surface area contributed by atoms with Crippen molar-refractivity contribution in [2.75, 3.05) is 10.6 Å². The van der Waals surface area contributed by atoms with Gasteiger partial charge in [0.05, 0.1) is 17.9 Å². The summed E-state index contributed by atoms with van der Waals surface area (Å²) in [4.78, 5) is 24.4. The number of benzene rings is 2. The zero-order chi connectivity index (χ0) is 19.9. The number of ether oxygens (including phenoxy) is 1. The fourth-order valence-corrected chi connectivity index (χ4v) is 2.38. The highest BCUT2D eigenvalue weighted by Gasteiger charge is 2.15. The quantitative estimate of drug-likeness (QED) is 0.682. The molecule has 3 rings (SSSR count). The average Bonchev–Trinajstić information content (AvgIpc) is 3.24. The van der Waals surface area contributed by atoms with Crippen LogP contribution in [0.1, 0.15) is 23.0 Å². The normalized spacial score (nSPS) is 11.1. The van der Waals surface area contributed by atoms with Gasteiger partial charge in [-0.1, -0.05) is 6.07 Å². The Labute approximate surface area is 161 Å². The summed E-state index contributed by atoms with van der Waals surface area (Å²) in [5.41, 5.74) is 1.54. The Morgan fingerprint density at radius 3 is 2.39 bits per heavy atom. The molecule has 2 N–H and O–H groups in total. The Morgan fingerprint density at radius 1 is 1.04 bits per heavy atom. The van der Waals surface area contributed by atoms with Gasteiger partial charge in [-0.2, -0.15) is 5.26 Å². The van der Waals surface area contributed by atoms with E-state index in [4.69, 9.17) is 14.4 Å². The Kier molecular flexibility index (Phi) is 5.72. The van der Waals surface area contributed by atoms with Crippen molar-refractivity contribution >= 4 is 23.2 Å². The monoisotopic (exact) mass is 375 g/mol. The summed E-state index contributed by atoms with van der Waals surface area (Å²) >= 11 is 0. The van der Waals surface area contributed by atoms with Crippen LogP contribution >= 0.6 is 0 Å². The van der Waals surface area contributed by atoms with Crippen molar-refractivity contribution in [3.8, 4) is 11.8 Å². The van der Waals surface area contributed by atoms with Crippen molar-refractivity contribution in [1.82, 2.24) is 0 Å². The number of carbonyl (C=O) groups excluding carboxylic acids is 2. The molecule has 2 amide bonds. The minimum atomic E-state index is -0.755. The molecule has 0 saturated heterocycles. The van der Waals surface area contributed by atoms with Crippen LogP contribution in [0.15, 0.2) is 71.3 Å². The molecule has 28 heavy (non-hydrogen) atoms. The maximum atomic E-state index is 12.4. The van der Waals surface area contributed by atoms with Gasteiger partial charge in [0.1, 0.15) is 5.75 Å². The number of hydrogen-bond acceptors (Lipinski definition) is 5. The molecule has 7 heteroatoms. The first-order valence-corrected chi connectivity index (χ1v) is 8.48. The van der Waals surface area contributed by atoms with E-state index in [1.165, 1.54) is 6.26 Å². The zero-order valence-corrected chi connectivity index (χ0v) is 15.0. The fourth-order valence-electron chi connectivity index (χ4n) is 2.38. The molecule has 3 aromatic rings. The summed E-state index contributed by atoms with van der Waals surface area (Å²) in [5, 5.41) is 14.2. The molecule has 140 valence electrons. The highest BCUT2D eigenvalue weighted by molar-refractivity contribution is 6.02. The van der Waals surface area contributed by atoms with Crippen molar-refractivity contribution in [2.45, 2.75) is 13.0 Å². The van der Waals surface area contributed by atoms with Gasteiger partial charge in [-0.3, -0.25) is 9.59 Å². The van der Waals surface area contributed by atoms with Gasteiger partial charge in [0.2, 0.25) is 0 Å². The van der Waals surface area contributed by atoms with Crippen LogP contribution in [0, 0.1) is 11.3 Å². The minimum absolute atomic E-state index is 0.193. The molecular formula is C21H17N3O4. The number of furan rings is 1. The second-order valence-corrected chi connectivity index (χ2v) is 5.90. The molecule has 0 aliphatic rings. The van der Waals surface area contributed by atoms with E-state index in [1.54, 1.807) is 67.6 Å². The van der Waals surface area contributed by atoms with Crippen LogP contribution in [0.4, 0.5) is 11.4 Å². The summed E-state index contributed by atoms with van der Waals surface area (Å²) in [7, 11) is 0. The lowest BCUT2D eigenvalue weighted by Gasteiger charge is -2.15. The summed E-state index contributed by atoms with van der Waals surface area (Å²) in [6.07, 6.45) is 0.662. The summed E-state index contributed by atoms with van der Waals surface area (Å²) in [6, 6.07) is 18.4. The lowest BCUT2D eigenvalue weighted by atomic mass is 10.2. The van der Waals surface area contributed by atoms with Crippen molar-refractivity contribution in [1.29, 1.82) is 5.26 Å². The van der Waals surface area contributed by atoms with Gasteiger partial charge in [-0.25, -0.2) is 0 Å². The molecular weight excluding hydrogens is 358 g/mol. The lowest BCUT2D eigenvalue weighted by molar-refractivity contribution is -0.122. The number of amides is 2. The molecule has 1 heterocycles. The molecule has 2 aromatic carbocycles. The van der Waals surface area contributed by atoms with Gasteiger partial charge < -0.3 is 19.8 Å². The smallest absolute Gasteiger partial charge is 0.291 e. The van der Waals surface area contributed by atoms with Crippen LogP contribution in [0.5, 0.6) is 5.75 Å². The van der Waals surface area contributed by atoms with Crippen LogP contribution in [0.3, 0.4) is 0 Å². The van der Waals surface area contributed by atoms with Gasteiger partial charge in [0.15, 0.2) is 11.9 Å². The first-order valence-electron chi connectivity index (χ1n) is 8.48. The number of nitrogens with one attached hydrogen (secondary N) is 2. The van der Waals surface area contributed by atoms with E-state index in [2.05, 4.69) is 10.6 Å². The molecule has 0 radical (unpaired) electrons. The van der Waals surface area contributed by atoms with Crippen molar-refractivity contribution in [2.24, 2.45) is 0 Å². The predicted octanol–water partition coefficient (Wildman–Crippen LogP) is 3.81. The van der Waals surface area contributed by atoms with E-state index >= 15 is 0 Å². The lowest BCUT2D eigenvalue weighted by Crippen LogP contribution is -2.30. The van der Waals surface area contributed by atoms with Crippen molar-refractivity contribution < 1.29 is 18.7 Å². The van der Waals surface area contributed by atoms with Crippen LogP contribution < -0.4 is 15.4 Å². The van der Waals surface area contributed by atoms with E-state index in [9.17, 15) is 9.59 Å². The molecule has 0 aliphatic heterocycles. The molecule has 0 aliphatic carbocycles. The Hall–Kier alpha value is -4.05. The largest absolute Gasteiger partial charge is 0.481 e. The van der Waals surface area contributed by atoms with E-state index in [0.29, 0.717) is 22.7 Å². The van der Waals surface area contributed by atoms with Gasteiger partial charge in [0, 0.05) is 11.4 Å². The standard InChI is InChI=1S/C21H17N3O4/c1-14(28-18-9-7-15(13-22)8-10-18)20(25)23-16-4-2-5-17(12-16)24-21(26)19-6-3-11-27-19/h2-12,14H,1H3,(H,23,25)(H,24,26). The first-order chi connectivity index (χ1) is 13.5. The molecule has 0 spiro atoms. The van der Waals surface area contributed by atoms with Crippen LogP contribution in [0.2, 0.25) is 0 Å². The minimum Gasteiger partial charge on any atom is -0.481 e. The zero-order valence-electron chi connectivity index (χ0n) is 15.0. The number of anilines is 2. The number of rotatable bonds is 6. The van der Waals surface area contributed by atoms with E-state index in [-0.39, 0.29) is 17.6 Å². The second-order valence-electron chi connectivity index (χ2n) is 5.90. The Morgan fingerprint density at radius 2 is 1.75 bits per heavy atom. The van der Waals surface area contributed by atoms with E-state index < -0.39 is 6.10 Å². The fraction of sp³-hybridized carbons (Fsp3) is 0.0952. The molecule has 7 nitrogen and oxygen atoms in total. The molecule has 1 unspecified atom stereocenters. The number of nitrogens with zero attached hydrogens (tertiary/aromatic N) is 1. The van der Waals surface area contributed by atoms with Crippen LogP contribution in [-0.2, 0) is 4.79 Å². The summed E-state index contributed by atoms with van der Waals surface area (Å²) in [5.74, 6) is -0.0511. The third-order valence-electron chi connectivity index (χ3n) is 3.80. The molecule has 0 bridgehead atoms. The van der Waals surface area contributed by atoms with Gasteiger partial charge in [-0.05, 0) is 61.5 Å². The van der Waals surface area contributed by atoms with Gasteiger partial charge >= 0.3 is 0 Å². The SMILES string of the molecule is CC(Oc1ccc(C#N)cc1)C(=O)Nc1cccc(NC(=O)c2ccco2)c1. The molecule has 0 saturated carbocycles. The number of hydrogen-bond donors (Lipinski definition) is 2. The molecule has 1 atom stereocenters. The number of carbonyl (C=O) groups is 2. The Bertz CT molecular complexity index is 1000. The predicted molar refractivity (Wildman–Crippen MR) is 103 cm³/mol. The average molecular weight is 375 g/mol. The van der Waals surface area contributed by atoms with Crippen molar-refractivity contribution in [3.05, 3.63) is 78.3 Å². The van der Waals surface area contributed by atoms with Gasteiger partial charge in [0.25, 0.3) is 11.8 Å². The van der Waals surface area contributed by atoms with E-state index in [0.717, 1.165) is 0 Å². The topological polar surface area (TPSA) is 104 Å². The molecule has 0 fully saturated rings. The first kappa shape index (κ1) is 18.7. The molecule has 1 aromatic heterocycles. The highest BCUT2D eigenvalue weighted by atomic mass is 16.5. The number of nitriles is 1. The highest BCUT2D eigenvalue weighted by Crippen LogP contribution is 2.18. The van der Waals surface area contributed by atoms with Crippen LogP contribution in [-0.4, -0.2) is 17.9 Å². The Balaban J connectivity index is 1.60. The van der Waals surface area contributed by atoms with E-state index in [1.807, 2.05) is 6.07 Å². The van der Waals surface area contributed by atoms with Crippen molar-refractivity contribution in [3.63, 3.8) is 0 Å². The summed E-state index contributed by atoms with van der Waals surface area (Å²) in [6.45, 7) is 1.62. The third-order valence-corrected chi connectivity index (χ3v) is 3.80.